The molecule has 3 fully saturated rings. The molecule has 4 aliphatic rings. The number of nitrogens with one attached hydrogen (secondary N) is 3. The van der Waals surface area contributed by atoms with Gasteiger partial charge in [0.25, 0.3) is 5.91 Å². The van der Waals surface area contributed by atoms with Crippen LogP contribution >= 0.6 is 0 Å². The van der Waals surface area contributed by atoms with Gasteiger partial charge in [-0.1, -0.05) is 12.2 Å². The Hall–Kier alpha value is -5.63. The van der Waals surface area contributed by atoms with E-state index in [0.29, 0.717) is 60.0 Å². The fourth-order valence-corrected chi connectivity index (χ4v) is 9.24. The standard InChI is InChI=1S/C43H51F3N6O10S/c1-41(2,3)62-40(56)48-34-24-51(4)18-8-6-7-9-27-22-42(27,39(55)50-63(57,58)31-15-16-31)49-36(53)35-21-30(23-52(35)38(34)54)60-37-32-17-14-29(59-5)19-26(32)20-33(47-37)25-10-12-28(13-11-25)61-43(44,45)46/h7,9-14,17,19-20,27,30-31,34-35H,6,8,15-16,18,21-24H2,1-5H3,(H,48,56)(H,49,53)(H,50,55)/b9-7-/t27-,30?,34+,35+,42-/m1/s1. The zero-order valence-electron chi connectivity index (χ0n) is 35.5. The first-order chi connectivity index (χ1) is 29.6. The Labute approximate surface area is 362 Å². The average Bonchev–Trinajstić information content (AvgIpc) is 4.12. The van der Waals surface area contributed by atoms with Crippen molar-refractivity contribution in [2.24, 2.45) is 5.92 Å². The van der Waals surface area contributed by atoms with Gasteiger partial charge in [0.15, 0.2) is 0 Å². The third-order valence-corrected chi connectivity index (χ3v) is 13.1. The summed E-state index contributed by atoms with van der Waals surface area (Å²) in [4.78, 5) is 64.3. The van der Waals surface area contributed by atoms with Crippen LogP contribution in [0.2, 0.25) is 0 Å². The number of sulfonamides is 1. The molecule has 5 atom stereocenters. The van der Waals surface area contributed by atoms with E-state index in [-0.39, 0.29) is 31.8 Å². The molecule has 3 N–H and O–H groups in total. The lowest BCUT2D eigenvalue weighted by Crippen LogP contribution is -2.59. The third-order valence-electron chi connectivity index (χ3n) is 11.2. The van der Waals surface area contributed by atoms with Crippen molar-refractivity contribution in [3.8, 4) is 28.6 Å². The normalized spacial score (nSPS) is 25.4. The van der Waals surface area contributed by atoms with Gasteiger partial charge in [0.1, 0.15) is 40.8 Å². The lowest BCUT2D eigenvalue weighted by molar-refractivity contribution is -0.274. The van der Waals surface area contributed by atoms with Crippen molar-refractivity contribution < 1.29 is 59.7 Å². The van der Waals surface area contributed by atoms with E-state index < -0.39 is 86.4 Å². The minimum atomic E-state index is -4.89. The number of rotatable bonds is 9. The first-order valence-electron chi connectivity index (χ1n) is 20.7. The summed E-state index contributed by atoms with van der Waals surface area (Å²) in [6.07, 6.45) is -0.873. The molecule has 63 heavy (non-hydrogen) atoms. The van der Waals surface area contributed by atoms with E-state index in [1.165, 1.54) is 24.1 Å². The molecular formula is C43H51F3N6O10S. The highest BCUT2D eigenvalue weighted by atomic mass is 32.2. The lowest BCUT2D eigenvalue weighted by Gasteiger charge is -2.32. The zero-order valence-corrected chi connectivity index (χ0v) is 36.3. The quantitative estimate of drug-likeness (QED) is 0.249. The monoisotopic (exact) mass is 900 g/mol. The molecule has 3 aromatic rings. The molecule has 2 aliphatic heterocycles. The van der Waals surface area contributed by atoms with Crippen molar-refractivity contribution in [1.29, 1.82) is 0 Å². The summed E-state index contributed by atoms with van der Waals surface area (Å²) in [5, 5.41) is 5.95. The number of alkyl halides is 3. The molecule has 7 rings (SSSR count). The number of amides is 4. The number of aromatic nitrogens is 1. The van der Waals surface area contributed by atoms with Gasteiger partial charge in [0.05, 0.1) is 24.6 Å². The first kappa shape index (κ1) is 45.4. The van der Waals surface area contributed by atoms with Crippen molar-refractivity contribution >= 4 is 44.6 Å². The van der Waals surface area contributed by atoms with Gasteiger partial charge in [-0.25, -0.2) is 18.2 Å². The Bertz CT molecular complexity index is 2390. The number of halogens is 3. The van der Waals surface area contributed by atoms with Crippen LogP contribution in [0.1, 0.15) is 59.3 Å². The van der Waals surface area contributed by atoms with Crippen LogP contribution in [-0.4, -0.2) is 122 Å². The van der Waals surface area contributed by atoms with Gasteiger partial charge in [-0.15, -0.1) is 13.2 Å². The van der Waals surface area contributed by atoms with Crippen molar-refractivity contribution in [2.75, 3.05) is 33.8 Å². The Balaban J connectivity index is 1.24. The van der Waals surface area contributed by atoms with Crippen molar-refractivity contribution in [2.45, 2.75) is 100 Å². The molecule has 2 saturated carbocycles. The molecule has 1 unspecified atom stereocenters. The second-order valence-corrected chi connectivity index (χ2v) is 19.4. The third kappa shape index (κ3) is 10.9. The Morgan fingerprint density at radius 2 is 1.71 bits per heavy atom. The molecule has 2 aromatic carbocycles. The van der Waals surface area contributed by atoms with Gasteiger partial charge in [0.2, 0.25) is 27.7 Å². The van der Waals surface area contributed by atoms with Crippen molar-refractivity contribution in [1.82, 2.24) is 30.1 Å². The van der Waals surface area contributed by atoms with E-state index in [2.05, 4.69) is 20.1 Å². The summed E-state index contributed by atoms with van der Waals surface area (Å²) in [7, 11) is -0.690. The van der Waals surface area contributed by atoms with E-state index in [4.69, 9.17) is 19.2 Å². The lowest BCUT2D eigenvalue weighted by atomic mass is 10.1. The number of nitrogens with zero attached hydrogens (tertiary/aromatic N) is 3. The fraction of sp³-hybridized carbons (Fsp3) is 0.512. The van der Waals surface area contributed by atoms with Gasteiger partial charge >= 0.3 is 12.5 Å². The van der Waals surface area contributed by atoms with E-state index in [1.807, 2.05) is 11.0 Å². The molecule has 3 heterocycles. The SMILES string of the molecule is COc1ccc2c(OC3C[C@H]4C(=O)N[C@]5(C(=O)NS(=O)(=O)C6CC6)C[C@H]5/C=C\CCCN(C)C[C@H](NC(=O)OC(C)(C)C)C(=O)N4C3)nc(-c3ccc(OC(F)(F)F)cc3)cc2c1. The molecule has 0 spiro atoms. The van der Waals surface area contributed by atoms with E-state index in [1.54, 1.807) is 58.2 Å². The summed E-state index contributed by atoms with van der Waals surface area (Å²) >= 11 is 0. The Morgan fingerprint density at radius 3 is 2.38 bits per heavy atom. The summed E-state index contributed by atoms with van der Waals surface area (Å²) in [5.41, 5.74) is -1.76. The van der Waals surface area contributed by atoms with Gasteiger partial charge < -0.3 is 39.4 Å². The molecule has 20 heteroatoms. The minimum absolute atomic E-state index is 0.0506. The maximum Gasteiger partial charge on any atom is 0.573 e. The predicted octanol–water partition coefficient (Wildman–Crippen LogP) is 4.82. The molecular weight excluding hydrogens is 850 g/mol. The fourth-order valence-electron chi connectivity index (χ4n) is 7.87. The first-order valence-corrected chi connectivity index (χ1v) is 22.2. The number of alkyl carbamates (subject to hydrolysis) is 1. The highest BCUT2D eigenvalue weighted by Crippen LogP contribution is 2.46. The predicted molar refractivity (Wildman–Crippen MR) is 223 cm³/mol. The number of allylic oxidation sites excluding steroid dienone is 1. The average molecular weight is 901 g/mol. The molecule has 2 aliphatic carbocycles. The van der Waals surface area contributed by atoms with E-state index in [9.17, 15) is 40.8 Å². The molecule has 0 bridgehead atoms. The number of pyridine rings is 1. The molecule has 4 amide bonds. The summed E-state index contributed by atoms with van der Waals surface area (Å²) in [5.74, 6) is -2.60. The van der Waals surface area contributed by atoms with Crippen LogP contribution in [0, 0.1) is 5.92 Å². The van der Waals surface area contributed by atoms with Gasteiger partial charge in [-0.3, -0.25) is 19.1 Å². The minimum Gasteiger partial charge on any atom is -0.497 e. The summed E-state index contributed by atoms with van der Waals surface area (Å²) in [6, 6.07) is 9.48. The molecule has 0 radical (unpaired) electrons. The van der Waals surface area contributed by atoms with Gasteiger partial charge in [-0.05, 0) is 120 Å². The van der Waals surface area contributed by atoms with E-state index in [0.717, 1.165) is 12.1 Å². The number of carbonyl (C=O) groups excluding carboxylic acids is 4. The largest absolute Gasteiger partial charge is 0.573 e. The van der Waals surface area contributed by atoms with Crippen LogP contribution < -0.4 is 29.6 Å². The van der Waals surface area contributed by atoms with Crippen LogP contribution in [-0.2, 0) is 29.1 Å². The van der Waals surface area contributed by atoms with Crippen LogP contribution in [0.4, 0.5) is 18.0 Å². The van der Waals surface area contributed by atoms with Gasteiger partial charge in [0, 0.05) is 29.8 Å². The number of hydrogen-bond donors (Lipinski definition) is 3. The Kier molecular flexibility index (Phi) is 12.6. The number of fused-ring (bicyclic) bond motifs is 3. The summed E-state index contributed by atoms with van der Waals surface area (Å²) < 4.78 is 88.4. The smallest absolute Gasteiger partial charge is 0.497 e. The van der Waals surface area contributed by atoms with Crippen LogP contribution in [0.25, 0.3) is 22.0 Å². The highest BCUT2D eigenvalue weighted by molar-refractivity contribution is 7.91. The molecule has 340 valence electrons. The number of methoxy groups -OCH3 is 1. The van der Waals surface area contributed by atoms with Crippen LogP contribution in [0.3, 0.4) is 0 Å². The number of benzene rings is 2. The molecule has 1 aromatic heterocycles. The molecule has 1 saturated heterocycles. The zero-order chi connectivity index (χ0) is 45.5. The second kappa shape index (κ2) is 17.5. The second-order valence-electron chi connectivity index (χ2n) is 17.4. The number of hydrogen-bond acceptors (Lipinski definition) is 12. The maximum atomic E-state index is 14.8. The van der Waals surface area contributed by atoms with Crippen molar-refractivity contribution in [3.63, 3.8) is 0 Å². The van der Waals surface area contributed by atoms with Crippen LogP contribution in [0.15, 0.2) is 60.7 Å². The number of likely N-dealkylation sites (N-methyl/N-ethyl adjacent to an activating group) is 1. The number of ether oxygens (including phenoxy) is 4. The topological polar surface area (TPSA) is 195 Å². The number of carbonyl (C=O) groups is 4. The highest BCUT2D eigenvalue weighted by Gasteiger charge is 2.62. The summed E-state index contributed by atoms with van der Waals surface area (Å²) in [6.45, 7) is 5.43. The van der Waals surface area contributed by atoms with Crippen molar-refractivity contribution in [3.05, 3.63) is 60.7 Å². The Morgan fingerprint density at radius 1 is 1.00 bits per heavy atom. The maximum absolute atomic E-state index is 14.8. The van der Waals surface area contributed by atoms with Gasteiger partial charge in [-0.2, -0.15) is 0 Å². The van der Waals surface area contributed by atoms with Crippen LogP contribution in [0.5, 0.6) is 17.4 Å². The molecule has 16 nitrogen and oxygen atoms in total. The van der Waals surface area contributed by atoms with E-state index >= 15 is 0 Å².